The lowest BCUT2D eigenvalue weighted by atomic mass is 9.95. The predicted octanol–water partition coefficient (Wildman–Crippen LogP) is 1.48. The van der Waals surface area contributed by atoms with Crippen molar-refractivity contribution in [1.82, 2.24) is 4.90 Å². The van der Waals surface area contributed by atoms with Gasteiger partial charge in [-0.2, -0.15) is 0 Å². The molecule has 0 aliphatic heterocycles. The van der Waals surface area contributed by atoms with Crippen LogP contribution in [0.3, 0.4) is 0 Å². The lowest BCUT2D eigenvalue weighted by molar-refractivity contribution is 0.333. The van der Waals surface area contributed by atoms with Crippen molar-refractivity contribution < 1.29 is 0 Å². The van der Waals surface area contributed by atoms with Gasteiger partial charge in [0.25, 0.3) is 0 Å². The highest BCUT2D eigenvalue weighted by atomic mass is 15.2. The minimum atomic E-state index is 0.0121. The van der Waals surface area contributed by atoms with Gasteiger partial charge in [-0.3, -0.25) is 4.99 Å². The second kappa shape index (κ2) is 4.30. The Morgan fingerprint density at radius 3 is 2.43 bits per heavy atom. The van der Waals surface area contributed by atoms with Gasteiger partial charge in [0.2, 0.25) is 0 Å². The molecule has 3 heteroatoms. The van der Waals surface area contributed by atoms with Crippen molar-refractivity contribution in [1.29, 1.82) is 0 Å². The van der Waals surface area contributed by atoms with Gasteiger partial charge >= 0.3 is 0 Å². The maximum Gasteiger partial charge on any atom is 0.0991 e. The number of aliphatic imine (C=N–C) groups is 1. The van der Waals surface area contributed by atoms with Crippen molar-refractivity contribution in [3.8, 4) is 0 Å². The van der Waals surface area contributed by atoms with Crippen LogP contribution in [-0.2, 0) is 0 Å². The topological polar surface area (TPSA) is 41.6 Å². The molecule has 1 fully saturated rings. The summed E-state index contributed by atoms with van der Waals surface area (Å²) in [6.45, 7) is 8.14. The first-order chi connectivity index (χ1) is 6.41. The van der Waals surface area contributed by atoms with E-state index in [2.05, 4.69) is 37.7 Å². The molecule has 0 radical (unpaired) electrons. The van der Waals surface area contributed by atoms with Gasteiger partial charge in [0.05, 0.1) is 12.4 Å². The lowest BCUT2D eigenvalue weighted by Gasteiger charge is -2.18. The third kappa shape index (κ3) is 3.66. The smallest absolute Gasteiger partial charge is 0.0991 e. The summed E-state index contributed by atoms with van der Waals surface area (Å²) in [4.78, 5) is 6.77. The number of amidine groups is 1. The lowest BCUT2D eigenvalue weighted by Crippen LogP contribution is -2.31. The molecule has 82 valence electrons. The van der Waals surface area contributed by atoms with Gasteiger partial charge in [-0.05, 0) is 19.9 Å². The summed E-state index contributed by atoms with van der Waals surface area (Å²) < 4.78 is 0. The summed E-state index contributed by atoms with van der Waals surface area (Å²) >= 11 is 0. The zero-order valence-electron chi connectivity index (χ0n) is 9.88. The number of hydrogen-bond donors (Lipinski definition) is 1. The average molecular weight is 197 g/mol. The van der Waals surface area contributed by atoms with Crippen LogP contribution in [0.4, 0.5) is 0 Å². The monoisotopic (exact) mass is 197 g/mol. The summed E-state index contributed by atoms with van der Waals surface area (Å²) in [5.41, 5.74) is 5.87. The normalized spacial score (nSPS) is 19.1. The van der Waals surface area contributed by atoms with Gasteiger partial charge in [-0.1, -0.05) is 20.8 Å². The van der Waals surface area contributed by atoms with Crippen LogP contribution in [-0.4, -0.2) is 36.9 Å². The first-order valence-corrected chi connectivity index (χ1v) is 5.42. The number of likely N-dealkylation sites (N-methyl/N-ethyl adjacent to an activating group) is 1. The molecule has 2 N–H and O–H groups in total. The summed E-state index contributed by atoms with van der Waals surface area (Å²) in [5.74, 6) is 0.765. The molecular weight excluding hydrogens is 174 g/mol. The van der Waals surface area contributed by atoms with Crippen LogP contribution in [0.2, 0.25) is 0 Å². The Balaban J connectivity index is 2.24. The first-order valence-electron chi connectivity index (χ1n) is 5.42. The van der Waals surface area contributed by atoms with E-state index < -0.39 is 0 Å². The van der Waals surface area contributed by atoms with E-state index in [1.165, 1.54) is 12.8 Å². The zero-order chi connectivity index (χ0) is 10.8. The molecule has 0 saturated heterocycles. The quantitative estimate of drug-likeness (QED) is 0.548. The van der Waals surface area contributed by atoms with E-state index in [-0.39, 0.29) is 5.41 Å². The Kier molecular flexibility index (Phi) is 3.53. The van der Waals surface area contributed by atoms with Crippen molar-refractivity contribution in [3.05, 3.63) is 0 Å². The average Bonchev–Trinajstić information content (AvgIpc) is 2.84. The molecule has 0 aromatic heterocycles. The van der Waals surface area contributed by atoms with Gasteiger partial charge in [0, 0.05) is 18.0 Å². The highest BCUT2D eigenvalue weighted by molar-refractivity contribution is 5.85. The number of nitrogens with zero attached hydrogens (tertiary/aromatic N) is 2. The van der Waals surface area contributed by atoms with Crippen molar-refractivity contribution in [2.75, 3.05) is 20.1 Å². The molecular formula is C11H23N3. The molecule has 0 amide bonds. The third-order valence-electron chi connectivity index (χ3n) is 2.67. The van der Waals surface area contributed by atoms with E-state index in [1.807, 2.05) is 0 Å². The van der Waals surface area contributed by atoms with Crippen LogP contribution in [0.5, 0.6) is 0 Å². The maximum atomic E-state index is 5.86. The molecule has 0 aromatic rings. The van der Waals surface area contributed by atoms with E-state index in [4.69, 9.17) is 5.73 Å². The molecule has 3 nitrogen and oxygen atoms in total. The van der Waals surface area contributed by atoms with Crippen LogP contribution >= 0.6 is 0 Å². The molecule has 0 atom stereocenters. The fraction of sp³-hybridized carbons (Fsp3) is 0.909. The third-order valence-corrected chi connectivity index (χ3v) is 2.67. The highest BCUT2D eigenvalue weighted by Crippen LogP contribution is 2.24. The van der Waals surface area contributed by atoms with E-state index in [9.17, 15) is 0 Å². The summed E-state index contributed by atoms with van der Waals surface area (Å²) in [6.07, 6.45) is 2.71. The predicted molar refractivity (Wildman–Crippen MR) is 61.6 cm³/mol. The van der Waals surface area contributed by atoms with Gasteiger partial charge in [-0.15, -0.1) is 0 Å². The van der Waals surface area contributed by atoms with Crippen LogP contribution in [0.15, 0.2) is 4.99 Å². The Hall–Kier alpha value is -0.570. The standard InChI is InChI=1S/C11H23N3/c1-11(2,3)10(12)13-7-8-14(4)9-5-6-9/h9H,5-8H2,1-4H3,(H2,12,13). The van der Waals surface area contributed by atoms with Gasteiger partial charge in [-0.25, -0.2) is 0 Å². The largest absolute Gasteiger partial charge is 0.387 e. The number of hydrogen-bond acceptors (Lipinski definition) is 2. The Morgan fingerprint density at radius 2 is 2.00 bits per heavy atom. The van der Waals surface area contributed by atoms with E-state index in [0.29, 0.717) is 0 Å². The molecule has 0 unspecified atom stereocenters. The fourth-order valence-electron chi connectivity index (χ4n) is 1.26. The second-order valence-electron chi connectivity index (χ2n) is 5.23. The fourth-order valence-corrected chi connectivity index (χ4v) is 1.26. The van der Waals surface area contributed by atoms with Crippen LogP contribution < -0.4 is 5.73 Å². The molecule has 0 heterocycles. The summed E-state index contributed by atoms with van der Waals surface area (Å²) in [6, 6.07) is 0.820. The molecule has 0 spiro atoms. The first kappa shape index (κ1) is 11.5. The maximum absolute atomic E-state index is 5.86. The SMILES string of the molecule is CN(CCN=C(N)C(C)(C)C)C1CC1. The Labute approximate surface area is 87.4 Å². The number of rotatable bonds is 4. The molecule has 1 rings (SSSR count). The zero-order valence-corrected chi connectivity index (χ0v) is 9.88. The van der Waals surface area contributed by atoms with E-state index in [1.54, 1.807) is 0 Å². The minimum Gasteiger partial charge on any atom is -0.387 e. The molecule has 14 heavy (non-hydrogen) atoms. The van der Waals surface area contributed by atoms with E-state index in [0.717, 1.165) is 25.0 Å². The van der Waals surface area contributed by atoms with Gasteiger partial charge in [0.1, 0.15) is 0 Å². The van der Waals surface area contributed by atoms with Crippen molar-refractivity contribution in [3.63, 3.8) is 0 Å². The second-order valence-corrected chi connectivity index (χ2v) is 5.23. The molecule has 0 aromatic carbocycles. The van der Waals surface area contributed by atoms with Crippen molar-refractivity contribution >= 4 is 5.84 Å². The van der Waals surface area contributed by atoms with Gasteiger partial charge < -0.3 is 10.6 Å². The number of nitrogens with two attached hydrogens (primary N) is 1. The van der Waals surface area contributed by atoms with Gasteiger partial charge in [0.15, 0.2) is 0 Å². The van der Waals surface area contributed by atoms with Crippen LogP contribution in [0.1, 0.15) is 33.6 Å². The van der Waals surface area contributed by atoms with Crippen molar-refractivity contribution in [2.45, 2.75) is 39.7 Å². The minimum absolute atomic E-state index is 0.0121. The Bertz CT molecular complexity index is 211. The Morgan fingerprint density at radius 1 is 1.43 bits per heavy atom. The van der Waals surface area contributed by atoms with Crippen molar-refractivity contribution in [2.24, 2.45) is 16.1 Å². The highest BCUT2D eigenvalue weighted by Gasteiger charge is 2.25. The summed E-state index contributed by atoms with van der Waals surface area (Å²) in [7, 11) is 2.17. The van der Waals surface area contributed by atoms with Crippen LogP contribution in [0.25, 0.3) is 0 Å². The molecule has 1 aliphatic rings. The van der Waals surface area contributed by atoms with E-state index >= 15 is 0 Å². The molecule has 0 bridgehead atoms. The summed E-state index contributed by atoms with van der Waals surface area (Å²) in [5, 5.41) is 0. The molecule has 1 aliphatic carbocycles. The molecule has 1 saturated carbocycles. The van der Waals surface area contributed by atoms with Crippen LogP contribution in [0, 0.1) is 5.41 Å².